The number of rotatable bonds is 3. The molecule has 4 rings (SSSR count). The molecule has 0 radical (unpaired) electrons. The van der Waals surface area contributed by atoms with E-state index in [0.29, 0.717) is 12.1 Å². The second-order valence-corrected chi connectivity index (χ2v) is 8.43. The van der Waals surface area contributed by atoms with E-state index in [0.717, 1.165) is 24.1 Å². The van der Waals surface area contributed by atoms with Crippen molar-refractivity contribution in [3.05, 3.63) is 59.2 Å². The zero-order valence-electron chi connectivity index (χ0n) is 13.2. The van der Waals surface area contributed by atoms with Crippen LogP contribution in [0.5, 0.6) is 0 Å². The highest BCUT2D eigenvalue weighted by atomic mass is 32.2. The van der Waals surface area contributed by atoms with E-state index in [9.17, 15) is 18.3 Å². The van der Waals surface area contributed by atoms with Gasteiger partial charge >= 0.3 is 5.97 Å². The minimum absolute atomic E-state index is 0.0206. The summed E-state index contributed by atoms with van der Waals surface area (Å²) in [6.07, 6.45) is 1.98. The summed E-state index contributed by atoms with van der Waals surface area (Å²) in [6.45, 7) is 2.12. The fourth-order valence-electron chi connectivity index (χ4n) is 3.51. The maximum Gasteiger partial charge on any atom is 0.335 e. The van der Waals surface area contributed by atoms with Gasteiger partial charge in [-0.05, 0) is 49.1 Å². The molecule has 0 unspecified atom stereocenters. The van der Waals surface area contributed by atoms with Crippen molar-refractivity contribution < 1.29 is 18.3 Å². The SMILES string of the molecule is Cc1ccc(C(=O)O)cc1S(=O)(=O)N1CC2(CC2)c2ccccc21. The first-order valence-corrected chi connectivity index (χ1v) is 9.25. The third-order valence-corrected chi connectivity index (χ3v) is 6.95. The Morgan fingerprint density at radius 1 is 1.17 bits per heavy atom. The minimum atomic E-state index is -3.80. The van der Waals surface area contributed by atoms with E-state index in [1.807, 2.05) is 24.3 Å². The van der Waals surface area contributed by atoms with Crippen LogP contribution in [-0.2, 0) is 15.4 Å². The number of carboxylic acid groups (broad SMARTS) is 1. The second-order valence-electron chi connectivity index (χ2n) is 6.59. The van der Waals surface area contributed by atoms with Crippen molar-refractivity contribution in [1.29, 1.82) is 0 Å². The number of anilines is 1. The summed E-state index contributed by atoms with van der Waals surface area (Å²) in [5, 5.41) is 9.17. The van der Waals surface area contributed by atoms with Gasteiger partial charge in [0.2, 0.25) is 0 Å². The number of aryl methyl sites for hydroxylation is 1. The number of fused-ring (bicyclic) bond motifs is 2. The first-order valence-electron chi connectivity index (χ1n) is 7.81. The molecule has 0 atom stereocenters. The van der Waals surface area contributed by atoms with E-state index < -0.39 is 16.0 Å². The van der Waals surface area contributed by atoms with Gasteiger partial charge in [-0.3, -0.25) is 4.31 Å². The summed E-state index contributed by atoms with van der Waals surface area (Å²) in [6, 6.07) is 11.8. The predicted molar refractivity (Wildman–Crippen MR) is 90.0 cm³/mol. The molecule has 1 aliphatic heterocycles. The number of carbonyl (C=O) groups is 1. The number of para-hydroxylation sites is 1. The first-order chi connectivity index (χ1) is 11.3. The van der Waals surface area contributed by atoms with Crippen molar-refractivity contribution in [3.63, 3.8) is 0 Å². The van der Waals surface area contributed by atoms with E-state index in [1.54, 1.807) is 13.0 Å². The van der Waals surface area contributed by atoms with Gasteiger partial charge in [-0.2, -0.15) is 0 Å². The highest BCUT2D eigenvalue weighted by Gasteiger charge is 2.54. The lowest BCUT2D eigenvalue weighted by atomic mass is 9.99. The summed E-state index contributed by atoms with van der Waals surface area (Å²) in [5.41, 5.74) is 2.28. The second kappa shape index (κ2) is 4.83. The van der Waals surface area contributed by atoms with Gasteiger partial charge in [0.25, 0.3) is 10.0 Å². The third-order valence-electron chi connectivity index (χ3n) is 5.05. The number of sulfonamides is 1. The monoisotopic (exact) mass is 343 g/mol. The van der Waals surface area contributed by atoms with Crippen molar-refractivity contribution in [1.82, 2.24) is 0 Å². The molecule has 1 heterocycles. The zero-order valence-corrected chi connectivity index (χ0v) is 14.0. The quantitative estimate of drug-likeness (QED) is 0.930. The van der Waals surface area contributed by atoms with Gasteiger partial charge in [-0.1, -0.05) is 24.3 Å². The van der Waals surface area contributed by atoms with Gasteiger partial charge in [0.1, 0.15) is 0 Å². The van der Waals surface area contributed by atoms with Crippen LogP contribution in [0.15, 0.2) is 47.4 Å². The maximum absolute atomic E-state index is 13.2. The van der Waals surface area contributed by atoms with Crippen LogP contribution in [0.25, 0.3) is 0 Å². The summed E-state index contributed by atoms with van der Waals surface area (Å²) in [7, 11) is -3.80. The van der Waals surface area contributed by atoms with Crippen molar-refractivity contribution >= 4 is 21.7 Å². The van der Waals surface area contributed by atoms with Gasteiger partial charge in [0.05, 0.1) is 16.1 Å². The van der Waals surface area contributed by atoms with Crippen LogP contribution in [0.3, 0.4) is 0 Å². The molecule has 1 spiro atoms. The number of hydrogen-bond acceptors (Lipinski definition) is 3. The topological polar surface area (TPSA) is 74.7 Å². The molecule has 6 heteroatoms. The van der Waals surface area contributed by atoms with Crippen molar-refractivity contribution in [2.24, 2.45) is 0 Å². The minimum Gasteiger partial charge on any atom is -0.478 e. The third kappa shape index (κ3) is 2.06. The Labute approximate surface area is 140 Å². The Morgan fingerprint density at radius 3 is 2.54 bits per heavy atom. The molecule has 1 N–H and O–H groups in total. The zero-order chi connectivity index (χ0) is 17.1. The lowest BCUT2D eigenvalue weighted by Gasteiger charge is -2.21. The van der Waals surface area contributed by atoms with Crippen molar-refractivity contribution in [3.8, 4) is 0 Å². The molecule has 5 nitrogen and oxygen atoms in total. The molecule has 1 aliphatic carbocycles. The number of carboxylic acids is 1. The van der Waals surface area contributed by atoms with Crippen LogP contribution >= 0.6 is 0 Å². The highest BCUT2D eigenvalue weighted by Crippen LogP contribution is 2.57. The summed E-state index contributed by atoms with van der Waals surface area (Å²) < 4.78 is 27.9. The summed E-state index contributed by atoms with van der Waals surface area (Å²) in [4.78, 5) is 11.3. The van der Waals surface area contributed by atoms with Crippen LogP contribution < -0.4 is 4.31 Å². The van der Waals surface area contributed by atoms with Crippen LogP contribution in [0, 0.1) is 6.92 Å². The number of hydrogen-bond donors (Lipinski definition) is 1. The van der Waals surface area contributed by atoms with Crippen LogP contribution in [-0.4, -0.2) is 26.0 Å². The lowest BCUT2D eigenvalue weighted by molar-refractivity contribution is 0.0696. The Kier molecular flexibility index (Phi) is 3.06. The molecular weight excluding hydrogens is 326 g/mol. The average molecular weight is 343 g/mol. The fraction of sp³-hybridized carbons (Fsp3) is 0.278. The van der Waals surface area contributed by atoms with Gasteiger partial charge in [-0.25, -0.2) is 13.2 Å². The summed E-state index contributed by atoms with van der Waals surface area (Å²) in [5.74, 6) is -1.13. The van der Waals surface area contributed by atoms with Crippen LogP contribution in [0.1, 0.15) is 34.3 Å². The van der Waals surface area contributed by atoms with E-state index in [-0.39, 0.29) is 15.9 Å². The first kappa shape index (κ1) is 15.2. The smallest absolute Gasteiger partial charge is 0.335 e. The van der Waals surface area contributed by atoms with Crippen LogP contribution in [0.4, 0.5) is 5.69 Å². The Morgan fingerprint density at radius 2 is 1.88 bits per heavy atom. The normalized spacial score (nSPS) is 17.8. The standard InChI is InChI=1S/C18H17NO4S/c1-12-6-7-13(17(20)21)10-16(12)24(22,23)19-11-18(8-9-18)14-4-2-3-5-15(14)19/h2-7,10H,8-9,11H2,1H3,(H,20,21). The largest absolute Gasteiger partial charge is 0.478 e. The molecule has 0 bridgehead atoms. The van der Waals surface area contributed by atoms with E-state index >= 15 is 0 Å². The molecule has 0 saturated heterocycles. The molecule has 2 aromatic carbocycles. The van der Waals surface area contributed by atoms with Crippen LogP contribution in [0.2, 0.25) is 0 Å². The molecule has 0 amide bonds. The number of aromatic carboxylic acids is 1. The predicted octanol–water partition coefficient (Wildman–Crippen LogP) is 2.93. The molecule has 0 aromatic heterocycles. The van der Waals surface area contributed by atoms with Crippen molar-refractivity contribution in [2.75, 3.05) is 10.8 Å². The van der Waals surface area contributed by atoms with Gasteiger partial charge in [-0.15, -0.1) is 0 Å². The van der Waals surface area contributed by atoms with Gasteiger partial charge in [0, 0.05) is 12.0 Å². The molecule has 24 heavy (non-hydrogen) atoms. The molecular formula is C18H17NO4S. The maximum atomic E-state index is 13.2. The van der Waals surface area contributed by atoms with Gasteiger partial charge < -0.3 is 5.11 Å². The van der Waals surface area contributed by atoms with Crippen molar-refractivity contribution in [2.45, 2.75) is 30.1 Å². The van der Waals surface area contributed by atoms with E-state index in [1.165, 1.54) is 16.4 Å². The average Bonchev–Trinajstić information content (AvgIpc) is 3.25. The molecule has 124 valence electrons. The lowest BCUT2D eigenvalue weighted by Crippen LogP contribution is -2.32. The highest BCUT2D eigenvalue weighted by molar-refractivity contribution is 7.93. The Hall–Kier alpha value is -2.34. The fourth-order valence-corrected chi connectivity index (χ4v) is 5.33. The summed E-state index contributed by atoms with van der Waals surface area (Å²) >= 11 is 0. The number of nitrogens with zero attached hydrogens (tertiary/aromatic N) is 1. The number of benzene rings is 2. The van der Waals surface area contributed by atoms with E-state index in [4.69, 9.17) is 0 Å². The Balaban J connectivity index is 1.86. The van der Waals surface area contributed by atoms with Gasteiger partial charge in [0.15, 0.2) is 0 Å². The van der Waals surface area contributed by atoms with E-state index in [2.05, 4.69) is 0 Å². The molecule has 1 fully saturated rings. The molecule has 2 aliphatic rings. The Bertz CT molecular complexity index is 961. The molecule has 2 aromatic rings. The molecule has 1 saturated carbocycles.